The Hall–Kier alpha value is -2.09. The van der Waals surface area contributed by atoms with Gasteiger partial charge >= 0.3 is 0 Å². The van der Waals surface area contributed by atoms with Gasteiger partial charge in [-0.2, -0.15) is 0 Å². The summed E-state index contributed by atoms with van der Waals surface area (Å²) in [5.41, 5.74) is -2.93. The van der Waals surface area contributed by atoms with Gasteiger partial charge in [0.25, 0.3) is 0 Å². The molecule has 0 spiro atoms. The van der Waals surface area contributed by atoms with Gasteiger partial charge in [0.05, 0.1) is 12.2 Å². The molecule has 0 amide bonds. The van der Waals surface area contributed by atoms with E-state index in [1.807, 2.05) is 0 Å². The zero-order valence-corrected chi connectivity index (χ0v) is 9.52. The van der Waals surface area contributed by atoms with Crippen LogP contribution in [0, 0.1) is 34.9 Å². The van der Waals surface area contributed by atoms with Crippen LogP contribution in [0.25, 0.3) is 11.3 Å². The highest BCUT2D eigenvalue weighted by molar-refractivity contribution is 5.62. The first-order valence-corrected chi connectivity index (χ1v) is 5.16. The van der Waals surface area contributed by atoms with Crippen molar-refractivity contribution in [3.05, 3.63) is 52.7 Å². The number of aliphatic hydroxyl groups is 1. The van der Waals surface area contributed by atoms with Crippen LogP contribution in [0.4, 0.5) is 26.3 Å². The van der Waals surface area contributed by atoms with E-state index in [0.717, 1.165) is 12.3 Å². The summed E-state index contributed by atoms with van der Waals surface area (Å²) in [5, 5.41) is 8.82. The number of hydrogen-bond acceptors (Lipinski definition) is 2. The summed E-state index contributed by atoms with van der Waals surface area (Å²) in [6.07, 6.45) is 0.877. The molecule has 0 bridgehead atoms. The number of pyridine rings is 1. The van der Waals surface area contributed by atoms with Crippen molar-refractivity contribution < 1.29 is 31.4 Å². The van der Waals surface area contributed by atoms with Crippen molar-refractivity contribution >= 4 is 0 Å². The van der Waals surface area contributed by atoms with Gasteiger partial charge in [-0.15, -0.1) is 0 Å². The average molecular weight is 293 g/mol. The minimum Gasteiger partial charge on any atom is -0.392 e. The monoisotopic (exact) mass is 293 g/mol. The first-order chi connectivity index (χ1) is 9.40. The smallest absolute Gasteiger partial charge is 0.200 e. The van der Waals surface area contributed by atoms with E-state index in [4.69, 9.17) is 5.11 Å². The minimum absolute atomic E-state index is 0.390. The molecule has 0 fully saturated rings. The number of nitrogens with zero attached hydrogens (tertiary/aromatic N) is 1. The molecule has 1 aromatic carbocycles. The van der Waals surface area contributed by atoms with Crippen LogP contribution < -0.4 is 0 Å². The Balaban J connectivity index is 2.84. The Morgan fingerprint density at radius 1 is 0.800 bits per heavy atom. The fourth-order valence-corrected chi connectivity index (χ4v) is 1.59. The Morgan fingerprint density at radius 3 is 1.80 bits per heavy atom. The molecular weight excluding hydrogens is 288 g/mol. The molecule has 2 nitrogen and oxygen atoms in total. The summed E-state index contributed by atoms with van der Waals surface area (Å²) in [6, 6.07) is 1.00. The lowest BCUT2D eigenvalue weighted by molar-refractivity contribution is 0.275. The first kappa shape index (κ1) is 14.3. The molecule has 1 N–H and O–H groups in total. The summed E-state index contributed by atoms with van der Waals surface area (Å²) in [5.74, 6) is -12.5. The van der Waals surface area contributed by atoms with Crippen LogP contribution in [0.2, 0.25) is 0 Å². The van der Waals surface area contributed by atoms with Gasteiger partial charge in [0, 0.05) is 11.8 Å². The number of aromatic nitrogens is 1. The molecule has 1 aromatic heterocycles. The summed E-state index contributed by atoms with van der Waals surface area (Å²) < 4.78 is 79.8. The number of hydrogen-bond donors (Lipinski definition) is 1. The van der Waals surface area contributed by atoms with Crippen LogP contribution in [0.15, 0.2) is 12.3 Å². The van der Waals surface area contributed by atoms with Crippen molar-refractivity contribution in [3.63, 3.8) is 0 Å². The predicted octanol–water partition coefficient (Wildman–Crippen LogP) is 3.08. The van der Waals surface area contributed by atoms with Crippen molar-refractivity contribution in [1.29, 1.82) is 0 Å². The van der Waals surface area contributed by atoms with Gasteiger partial charge in [0.15, 0.2) is 29.1 Å². The number of halogens is 6. The molecule has 0 aliphatic rings. The molecule has 0 radical (unpaired) electrons. The topological polar surface area (TPSA) is 33.1 Å². The largest absolute Gasteiger partial charge is 0.392 e. The van der Waals surface area contributed by atoms with Crippen LogP contribution in [0.1, 0.15) is 5.56 Å². The molecule has 0 aliphatic heterocycles. The van der Waals surface area contributed by atoms with Crippen molar-refractivity contribution in [3.8, 4) is 11.3 Å². The van der Waals surface area contributed by atoms with E-state index in [9.17, 15) is 26.3 Å². The maximum absolute atomic E-state index is 13.8. The minimum atomic E-state index is -2.34. The van der Waals surface area contributed by atoms with Crippen LogP contribution in [0.5, 0.6) is 0 Å². The van der Waals surface area contributed by atoms with E-state index in [1.54, 1.807) is 0 Å². The van der Waals surface area contributed by atoms with Crippen LogP contribution in [-0.2, 0) is 6.61 Å². The molecule has 106 valence electrons. The van der Waals surface area contributed by atoms with E-state index >= 15 is 0 Å². The second kappa shape index (κ2) is 5.12. The van der Waals surface area contributed by atoms with E-state index in [1.165, 1.54) is 0 Å². The summed E-state index contributed by atoms with van der Waals surface area (Å²) >= 11 is 0. The summed E-state index contributed by atoms with van der Waals surface area (Å²) in [6.45, 7) is -0.823. The third-order valence-corrected chi connectivity index (χ3v) is 2.59. The Kier molecular flexibility index (Phi) is 3.67. The van der Waals surface area contributed by atoms with Crippen molar-refractivity contribution in [2.24, 2.45) is 0 Å². The van der Waals surface area contributed by atoms with Crippen LogP contribution >= 0.6 is 0 Å². The van der Waals surface area contributed by atoms with Gasteiger partial charge in [-0.1, -0.05) is 0 Å². The quantitative estimate of drug-likeness (QED) is 0.524. The lowest BCUT2D eigenvalue weighted by atomic mass is 10.1. The van der Waals surface area contributed by atoms with Gasteiger partial charge < -0.3 is 5.11 Å². The number of aliphatic hydroxyl groups excluding tert-OH is 1. The zero-order chi connectivity index (χ0) is 15.0. The van der Waals surface area contributed by atoms with E-state index in [2.05, 4.69) is 4.98 Å². The molecule has 0 aliphatic carbocycles. The Bertz CT molecular complexity index is 659. The molecule has 0 unspecified atom stereocenters. The molecule has 0 atom stereocenters. The van der Waals surface area contributed by atoms with E-state index in [-0.39, 0.29) is 5.56 Å². The lowest BCUT2D eigenvalue weighted by Crippen LogP contribution is -2.07. The van der Waals surface area contributed by atoms with Crippen LogP contribution in [0.3, 0.4) is 0 Å². The Morgan fingerprint density at radius 2 is 1.30 bits per heavy atom. The van der Waals surface area contributed by atoms with Gasteiger partial charge in [0.2, 0.25) is 5.82 Å². The predicted molar refractivity (Wildman–Crippen MR) is 55.3 cm³/mol. The lowest BCUT2D eigenvalue weighted by Gasteiger charge is -2.09. The summed E-state index contributed by atoms with van der Waals surface area (Å²) in [7, 11) is 0. The van der Waals surface area contributed by atoms with Crippen molar-refractivity contribution in [1.82, 2.24) is 4.98 Å². The van der Waals surface area contributed by atoms with Crippen LogP contribution in [-0.4, -0.2) is 10.1 Å². The molecule has 0 saturated carbocycles. The third kappa shape index (κ3) is 2.01. The first-order valence-electron chi connectivity index (χ1n) is 5.16. The van der Waals surface area contributed by atoms with E-state index in [0.29, 0.717) is 0 Å². The fraction of sp³-hybridized carbons (Fsp3) is 0.0833. The second-order valence-electron chi connectivity index (χ2n) is 3.74. The highest BCUT2D eigenvalue weighted by Gasteiger charge is 2.29. The van der Waals surface area contributed by atoms with Gasteiger partial charge in [0.1, 0.15) is 5.69 Å². The molecule has 20 heavy (non-hydrogen) atoms. The molecule has 2 aromatic rings. The normalized spacial score (nSPS) is 10.9. The molecular formula is C12H5F6NO. The maximum atomic E-state index is 13.8. The van der Waals surface area contributed by atoms with Gasteiger partial charge in [-0.25, -0.2) is 26.3 Å². The van der Waals surface area contributed by atoms with Crippen molar-refractivity contribution in [2.75, 3.05) is 0 Å². The maximum Gasteiger partial charge on any atom is 0.200 e. The second-order valence-corrected chi connectivity index (χ2v) is 3.74. The average Bonchev–Trinajstić information content (AvgIpc) is 2.45. The summed E-state index contributed by atoms with van der Waals surface area (Å²) in [4.78, 5) is 3.27. The highest BCUT2D eigenvalue weighted by atomic mass is 19.2. The van der Waals surface area contributed by atoms with Gasteiger partial charge in [-0.3, -0.25) is 4.98 Å². The molecule has 0 saturated heterocycles. The molecule has 1 heterocycles. The molecule has 2 rings (SSSR count). The SMILES string of the molecule is OCc1ccnc(-c2c(F)c(F)c(F)c(F)c2F)c1F. The highest BCUT2D eigenvalue weighted by Crippen LogP contribution is 2.32. The zero-order valence-electron chi connectivity index (χ0n) is 9.52. The Labute approximate surface area is 108 Å². The number of rotatable bonds is 2. The van der Waals surface area contributed by atoms with Crippen molar-refractivity contribution in [2.45, 2.75) is 6.61 Å². The molecule has 8 heteroatoms. The number of benzene rings is 1. The standard InChI is InChI=1S/C12H5F6NO/c13-6-4(3-20)1-2-19-12(6)5-7(14)9(16)11(18)10(17)8(5)15/h1-2,20H,3H2. The van der Waals surface area contributed by atoms with Gasteiger partial charge in [-0.05, 0) is 6.07 Å². The van der Waals surface area contributed by atoms with E-state index < -0.39 is 52.8 Å². The fourth-order valence-electron chi connectivity index (χ4n) is 1.59. The third-order valence-electron chi connectivity index (χ3n) is 2.59.